The van der Waals surface area contributed by atoms with Crippen LogP contribution in [0.4, 0.5) is 0 Å². The minimum absolute atomic E-state index is 0.265. The SMILES string of the molecule is Cn1cc(COc2cccnc2)c2cc(O)ccc21. The van der Waals surface area contributed by atoms with Crippen molar-refractivity contribution in [2.24, 2.45) is 7.05 Å². The molecular weight excluding hydrogens is 240 g/mol. The fourth-order valence-corrected chi connectivity index (χ4v) is 2.17. The Hall–Kier alpha value is -2.49. The number of rotatable bonds is 3. The summed E-state index contributed by atoms with van der Waals surface area (Å²) in [4.78, 5) is 4.01. The summed E-state index contributed by atoms with van der Waals surface area (Å²) in [6, 6.07) is 9.06. The maximum atomic E-state index is 9.59. The van der Waals surface area contributed by atoms with Gasteiger partial charge in [0.15, 0.2) is 0 Å². The number of aryl methyl sites for hydroxylation is 1. The van der Waals surface area contributed by atoms with Crippen molar-refractivity contribution in [3.8, 4) is 11.5 Å². The van der Waals surface area contributed by atoms with Crippen molar-refractivity contribution in [3.05, 3.63) is 54.5 Å². The summed E-state index contributed by atoms with van der Waals surface area (Å²) >= 11 is 0. The molecule has 0 aliphatic carbocycles. The monoisotopic (exact) mass is 254 g/mol. The lowest BCUT2D eigenvalue weighted by Gasteiger charge is -2.04. The summed E-state index contributed by atoms with van der Waals surface area (Å²) in [5.74, 6) is 1.00. The predicted octanol–water partition coefficient (Wildman–Crippen LogP) is 2.86. The summed E-state index contributed by atoms with van der Waals surface area (Å²) in [5.41, 5.74) is 2.11. The fourth-order valence-electron chi connectivity index (χ4n) is 2.17. The van der Waals surface area contributed by atoms with Gasteiger partial charge >= 0.3 is 0 Å². The van der Waals surface area contributed by atoms with Crippen molar-refractivity contribution in [2.45, 2.75) is 6.61 Å². The second kappa shape index (κ2) is 4.65. The number of nitrogens with zero attached hydrogens (tertiary/aromatic N) is 2. The van der Waals surface area contributed by atoms with E-state index < -0.39 is 0 Å². The molecule has 0 atom stereocenters. The molecule has 0 fully saturated rings. The normalized spacial score (nSPS) is 10.8. The summed E-state index contributed by atoms with van der Waals surface area (Å²) < 4.78 is 7.72. The molecule has 1 N–H and O–H groups in total. The molecule has 96 valence electrons. The summed E-state index contributed by atoms with van der Waals surface area (Å²) in [6.45, 7) is 0.451. The van der Waals surface area contributed by atoms with E-state index in [1.807, 2.05) is 36.0 Å². The Kier molecular flexibility index (Phi) is 2.83. The van der Waals surface area contributed by atoms with Crippen LogP contribution in [0.2, 0.25) is 0 Å². The molecule has 19 heavy (non-hydrogen) atoms. The zero-order valence-electron chi connectivity index (χ0n) is 10.6. The first kappa shape index (κ1) is 11.6. The molecule has 2 aromatic heterocycles. The second-order valence-corrected chi connectivity index (χ2v) is 4.44. The van der Waals surface area contributed by atoms with Gasteiger partial charge in [-0.25, -0.2) is 0 Å². The van der Waals surface area contributed by atoms with Crippen LogP contribution in [0.1, 0.15) is 5.56 Å². The Labute approximate surface area is 110 Å². The molecule has 0 aliphatic rings. The topological polar surface area (TPSA) is 47.3 Å². The van der Waals surface area contributed by atoms with Crippen LogP contribution in [0.15, 0.2) is 48.9 Å². The standard InChI is InChI=1S/C15H14N2O2/c1-17-9-11(10-19-13-3-2-6-16-8-13)14-7-12(18)4-5-15(14)17/h2-9,18H,10H2,1H3. The number of pyridine rings is 1. The minimum Gasteiger partial charge on any atom is -0.508 e. The van der Waals surface area contributed by atoms with Gasteiger partial charge in [0, 0.05) is 35.9 Å². The van der Waals surface area contributed by atoms with Gasteiger partial charge in [0.2, 0.25) is 0 Å². The van der Waals surface area contributed by atoms with Crippen LogP contribution >= 0.6 is 0 Å². The van der Waals surface area contributed by atoms with E-state index in [1.165, 1.54) is 0 Å². The van der Waals surface area contributed by atoms with Crippen LogP contribution in [-0.2, 0) is 13.7 Å². The third kappa shape index (κ3) is 2.25. The molecule has 0 bridgehead atoms. The van der Waals surface area contributed by atoms with Gasteiger partial charge in [-0.2, -0.15) is 0 Å². The first-order chi connectivity index (χ1) is 9.24. The van der Waals surface area contributed by atoms with Crippen molar-refractivity contribution in [2.75, 3.05) is 0 Å². The van der Waals surface area contributed by atoms with Crippen molar-refractivity contribution in [1.82, 2.24) is 9.55 Å². The molecular formula is C15H14N2O2. The molecule has 0 spiro atoms. The lowest BCUT2D eigenvalue weighted by atomic mass is 10.2. The highest BCUT2D eigenvalue weighted by molar-refractivity contribution is 5.85. The largest absolute Gasteiger partial charge is 0.508 e. The number of phenols is 1. The summed E-state index contributed by atoms with van der Waals surface area (Å²) in [5, 5.41) is 10.6. The second-order valence-electron chi connectivity index (χ2n) is 4.44. The van der Waals surface area contributed by atoms with E-state index in [0.717, 1.165) is 22.2 Å². The number of aromatic hydroxyl groups is 1. The van der Waals surface area contributed by atoms with Gasteiger partial charge in [-0.3, -0.25) is 4.98 Å². The molecule has 0 aliphatic heterocycles. The van der Waals surface area contributed by atoms with Crippen LogP contribution in [0.3, 0.4) is 0 Å². The minimum atomic E-state index is 0.265. The molecule has 2 heterocycles. The summed E-state index contributed by atoms with van der Waals surface area (Å²) in [6.07, 6.45) is 5.41. The summed E-state index contributed by atoms with van der Waals surface area (Å²) in [7, 11) is 1.98. The van der Waals surface area contributed by atoms with Crippen LogP contribution in [0.5, 0.6) is 11.5 Å². The zero-order valence-corrected chi connectivity index (χ0v) is 10.6. The Morgan fingerprint density at radius 1 is 1.32 bits per heavy atom. The molecule has 0 radical (unpaired) electrons. The first-order valence-corrected chi connectivity index (χ1v) is 6.04. The smallest absolute Gasteiger partial charge is 0.138 e. The highest BCUT2D eigenvalue weighted by Crippen LogP contribution is 2.25. The van der Waals surface area contributed by atoms with Crippen molar-refractivity contribution in [3.63, 3.8) is 0 Å². The maximum absolute atomic E-state index is 9.59. The molecule has 0 unspecified atom stereocenters. The lowest BCUT2D eigenvalue weighted by Crippen LogP contribution is -1.94. The van der Waals surface area contributed by atoms with Crippen LogP contribution in [0, 0.1) is 0 Å². The molecule has 0 saturated carbocycles. The number of benzene rings is 1. The number of phenolic OH excluding ortho intramolecular Hbond substituents is 1. The van der Waals surface area contributed by atoms with Gasteiger partial charge in [0.05, 0.1) is 6.20 Å². The quantitative estimate of drug-likeness (QED) is 0.781. The number of aromatic nitrogens is 2. The molecule has 4 heteroatoms. The van der Waals surface area contributed by atoms with Crippen LogP contribution in [0.25, 0.3) is 10.9 Å². The Bertz CT molecular complexity index is 705. The van der Waals surface area contributed by atoms with E-state index in [1.54, 1.807) is 24.5 Å². The van der Waals surface area contributed by atoms with Gasteiger partial charge in [-0.15, -0.1) is 0 Å². The lowest BCUT2D eigenvalue weighted by molar-refractivity contribution is 0.306. The third-order valence-electron chi connectivity index (χ3n) is 3.08. The van der Waals surface area contributed by atoms with Gasteiger partial charge in [-0.05, 0) is 30.3 Å². The van der Waals surface area contributed by atoms with E-state index in [0.29, 0.717) is 6.61 Å². The predicted molar refractivity (Wildman–Crippen MR) is 73.2 cm³/mol. The molecule has 3 aromatic rings. The average molecular weight is 254 g/mol. The number of fused-ring (bicyclic) bond motifs is 1. The highest BCUT2D eigenvalue weighted by atomic mass is 16.5. The Balaban J connectivity index is 1.91. The zero-order chi connectivity index (χ0) is 13.2. The number of ether oxygens (including phenoxy) is 1. The van der Waals surface area contributed by atoms with Crippen LogP contribution < -0.4 is 4.74 Å². The maximum Gasteiger partial charge on any atom is 0.138 e. The van der Waals surface area contributed by atoms with Gasteiger partial charge < -0.3 is 14.4 Å². The molecule has 0 amide bonds. The van der Waals surface area contributed by atoms with E-state index in [2.05, 4.69) is 4.98 Å². The van der Waals surface area contributed by atoms with Gasteiger partial charge in [-0.1, -0.05) is 0 Å². The molecule has 4 nitrogen and oxygen atoms in total. The average Bonchev–Trinajstić information content (AvgIpc) is 2.74. The fraction of sp³-hybridized carbons (Fsp3) is 0.133. The Morgan fingerprint density at radius 2 is 2.21 bits per heavy atom. The molecule has 1 aromatic carbocycles. The number of hydrogen-bond donors (Lipinski definition) is 1. The van der Waals surface area contributed by atoms with Crippen molar-refractivity contribution in [1.29, 1.82) is 0 Å². The van der Waals surface area contributed by atoms with E-state index in [9.17, 15) is 5.11 Å². The first-order valence-electron chi connectivity index (χ1n) is 6.04. The third-order valence-corrected chi connectivity index (χ3v) is 3.08. The van der Waals surface area contributed by atoms with E-state index >= 15 is 0 Å². The highest BCUT2D eigenvalue weighted by Gasteiger charge is 2.08. The van der Waals surface area contributed by atoms with Gasteiger partial charge in [0.1, 0.15) is 18.1 Å². The van der Waals surface area contributed by atoms with E-state index in [-0.39, 0.29) is 5.75 Å². The van der Waals surface area contributed by atoms with Crippen molar-refractivity contribution >= 4 is 10.9 Å². The number of hydrogen-bond acceptors (Lipinski definition) is 3. The van der Waals surface area contributed by atoms with Gasteiger partial charge in [0.25, 0.3) is 0 Å². The van der Waals surface area contributed by atoms with Crippen LogP contribution in [-0.4, -0.2) is 14.7 Å². The van der Waals surface area contributed by atoms with Crippen molar-refractivity contribution < 1.29 is 9.84 Å². The Morgan fingerprint density at radius 3 is 3.00 bits per heavy atom. The molecule has 3 rings (SSSR count). The van der Waals surface area contributed by atoms with E-state index in [4.69, 9.17) is 4.74 Å². The molecule has 0 saturated heterocycles.